The van der Waals surface area contributed by atoms with Crippen LogP contribution in [0.5, 0.6) is 0 Å². The van der Waals surface area contributed by atoms with E-state index in [-0.39, 0.29) is 0 Å². The summed E-state index contributed by atoms with van der Waals surface area (Å²) in [6, 6.07) is 3.98. The first-order valence-corrected chi connectivity index (χ1v) is 5.75. The Balaban J connectivity index is 1.87. The fraction of sp³-hybridized carbons (Fsp3) is 0.417. The van der Waals surface area contributed by atoms with Crippen molar-refractivity contribution in [2.75, 3.05) is 0 Å². The molecule has 1 fully saturated rings. The lowest BCUT2D eigenvalue weighted by molar-refractivity contribution is 0.675. The third kappa shape index (κ3) is 1.71. The summed E-state index contributed by atoms with van der Waals surface area (Å²) >= 11 is 0. The Bertz CT molecular complexity index is 457. The highest BCUT2D eigenvalue weighted by atomic mass is 15.3. The van der Waals surface area contributed by atoms with Crippen LogP contribution in [-0.4, -0.2) is 19.7 Å². The van der Waals surface area contributed by atoms with Gasteiger partial charge in [0.15, 0.2) is 5.82 Å². The minimum absolute atomic E-state index is 0.656. The van der Waals surface area contributed by atoms with Crippen LogP contribution in [0.4, 0.5) is 0 Å². The van der Waals surface area contributed by atoms with E-state index in [2.05, 4.69) is 21.1 Å². The molecule has 4 nitrogen and oxygen atoms in total. The van der Waals surface area contributed by atoms with Crippen molar-refractivity contribution < 1.29 is 0 Å². The van der Waals surface area contributed by atoms with E-state index < -0.39 is 0 Å². The van der Waals surface area contributed by atoms with E-state index in [1.807, 2.05) is 16.9 Å². The molecule has 0 aliphatic heterocycles. The molecule has 1 aliphatic rings. The molecule has 1 aliphatic carbocycles. The van der Waals surface area contributed by atoms with Gasteiger partial charge in [0.25, 0.3) is 0 Å². The van der Waals surface area contributed by atoms with Crippen molar-refractivity contribution in [1.82, 2.24) is 19.7 Å². The van der Waals surface area contributed by atoms with Gasteiger partial charge in [0.2, 0.25) is 0 Å². The number of nitrogens with zero attached hydrogens (tertiary/aromatic N) is 4. The van der Waals surface area contributed by atoms with Crippen molar-refractivity contribution in [2.45, 2.75) is 31.6 Å². The number of hydrogen-bond acceptors (Lipinski definition) is 3. The zero-order valence-corrected chi connectivity index (χ0v) is 9.08. The third-order valence-corrected chi connectivity index (χ3v) is 3.18. The summed E-state index contributed by atoms with van der Waals surface area (Å²) in [6.07, 6.45) is 10.5. The topological polar surface area (TPSA) is 43.6 Å². The van der Waals surface area contributed by atoms with Crippen molar-refractivity contribution in [3.63, 3.8) is 0 Å². The third-order valence-electron chi connectivity index (χ3n) is 3.18. The van der Waals surface area contributed by atoms with E-state index in [0.29, 0.717) is 5.92 Å². The van der Waals surface area contributed by atoms with Crippen molar-refractivity contribution in [2.24, 2.45) is 0 Å². The van der Waals surface area contributed by atoms with Gasteiger partial charge in [0.05, 0.1) is 5.69 Å². The molecule has 0 amide bonds. The Labute approximate surface area is 94.4 Å². The van der Waals surface area contributed by atoms with Crippen LogP contribution in [0.15, 0.2) is 30.9 Å². The van der Waals surface area contributed by atoms with E-state index in [1.165, 1.54) is 31.4 Å². The molecule has 4 heteroatoms. The molecule has 2 aromatic rings. The van der Waals surface area contributed by atoms with Crippen molar-refractivity contribution >= 4 is 0 Å². The SMILES string of the molecule is c1cc(-n2ccc(C3CCCC3)n2)ncn1. The molecule has 0 N–H and O–H groups in total. The van der Waals surface area contributed by atoms with Crippen LogP contribution in [0.2, 0.25) is 0 Å². The van der Waals surface area contributed by atoms with Gasteiger partial charge < -0.3 is 0 Å². The molecule has 0 radical (unpaired) electrons. The predicted octanol–water partition coefficient (Wildman–Crippen LogP) is 2.32. The maximum atomic E-state index is 4.59. The molecule has 16 heavy (non-hydrogen) atoms. The smallest absolute Gasteiger partial charge is 0.156 e. The highest BCUT2D eigenvalue weighted by Gasteiger charge is 2.19. The summed E-state index contributed by atoms with van der Waals surface area (Å²) in [4.78, 5) is 8.08. The van der Waals surface area contributed by atoms with Gasteiger partial charge in [-0.2, -0.15) is 5.10 Å². The Morgan fingerprint density at radius 2 is 2.06 bits per heavy atom. The molecule has 2 heterocycles. The van der Waals surface area contributed by atoms with E-state index in [0.717, 1.165) is 5.82 Å². The highest BCUT2D eigenvalue weighted by molar-refractivity contribution is 5.20. The van der Waals surface area contributed by atoms with Crippen LogP contribution in [0.25, 0.3) is 5.82 Å². The number of hydrogen-bond donors (Lipinski definition) is 0. The summed E-state index contributed by atoms with van der Waals surface area (Å²) < 4.78 is 1.83. The van der Waals surface area contributed by atoms with E-state index in [9.17, 15) is 0 Å². The van der Waals surface area contributed by atoms with Crippen LogP contribution in [0.3, 0.4) is 0 Å². The number of rotatable bonds is 2. The largest absolute Gasteiger partial charge is 0.245 e. The first-order chi connectivity index (χ1) is 7.93. The Morgan fingerprint density at radius 3 is 2.81 bits per heavy atom. The van der Waals surface area contributed by atoms with E-state index in [1.54, 1.807) is 12.5 Å². The van der Waals surface area contributed by atoms with Crippen LogP contribution in [-0.2, 0) is 0 Å². The average molecular weight is 214 g/mol. The summed E-state index contributed by atoms with van der Waals surface area (Å²) in [6.45, 7) is 0. The molecule has 3 rings (SSSR count). The summed E-state index contributed by atoms with van der Waals surface area (Å²) in [7, 11) is 0. The lowest BCUT2D eigenvalue weighted by atomic mass is 10.1. The molecule has 2 aromatic heterocycles. The first kappa shape index (κ1) is 9.51. The molecule has 0 saturated heterocycles. The maximum Gasteiger partial charge on any atom is 0.156 e. The quantitative estimate of drug-likeness (QED) is 0.770. The maximum absolute atomic E-state index is 4.59. The van der Waals surface area contributed by atoms with Gasteiger partial charge in [-0.15, -0.1) is 0 Å². The standard InChI is InChI=1S/C12H14N4/c1-2-4-10(3-1)11-6-8-16(15-11)12-5-7-13-9-14-12/h5-10H,1-4H2. The molecule has 0 aromatic carbocycles. The Kier molecular flexibility index (Phi) is 2.40. The van der Waals surface area contributed by atoms with Crippen LogP contribution in [0.1, 0.15) is 37.3 Å². The van der Waals surface area contributed by atoms with Crippen molar-refractivity contribution in [3.05, 3.63) is 36.5 Å². The van der Waals surface area contributed by atoms with Gasteiger partial charge in [-0.05, 0) is 18.9 Å². The second-order valence-corrected chi connectivity index (χ2v) is 4.23. The summed E-state index contributed by atoms with van der Waals surface area (Å²) in [5, 5.41) is 4.59. The number of aromatic nitrogens is 4. The first-order valence-electron chi connectivity index (χ1n) is 5.75. The zero-order chi connectivity index (χ0) is 10.8. The second kappa shape index (κ2) is 4.04. The van der Waals surface area contributed by atoms with Crippen molar-refractivity contribution in [3.8, 4) is 5.82 Å². The van der Waals surface area contributed by atoms with Gasteiger partial charge in [-0.3, -0.25) is 0 Å². The Hall–Kier alpha value is -1.71. The molecular weight excluding hydrogens is 200 g/mol. The molecular formula is C12H14N4. The van der Waals surface area contributed by atoms with E-state index in [4.69, 9.17) is 0 Å². The minimum atomic E-state index is 0.656. The lowest BCUT2D eigenvalue weighted by Gasteiger charge is -2.03. The van der Waals surface area contributed by atoms with Gasteiger partial charge >= 0.3 is 0 Å². The summed E-state index contributed by atoms with van der Waals surface area (Å²) in [5.41, 5.74) is 1.20. The average Bonchev–Trinajstić information content (AvgIpc) is 3.01. The minimum Gasteiger partial charge on any atom is -0.245 e. The molecule has 1 saturated carbocycles. The summed E-state index contributed by atoms with van der Waals surface area (Å²) in [5.74, 6) is 1.49. The molecule has 0 atom stereocenters. The molecule has 0 spiro atoms. The normalized spacial score (nSPS) is 16.8. The molecule has 0 unspecified atom stereocenters. The fourth-order valence-electron chi connectivity index (χ4n) is 2.32. The monoisotopic (exact) mass is 214 g/mol. The molecule has 82 valence electrons. The fourth-order valence-corrected chi connectivity index (χ4v) is 2.32. The molecule has 0 bridgehead atoms. The lowest BCUT2D eigenvalue weighted by Crippen LogP contribution is -2.00. The zero-order valence-electron chi connectivity index (χ0n) is 9.08. The highest BCUT2D eigenvalue weighted by Crippen LogP contribution is 2.32. The Morgan fingerprint density at radius 1 is 1.19 bits per heavy atom. The van der Waals surface area contributed by atoms with Crippen LogP contribution in [0, 0.1) is 0 Å². The van der Waals surface area contributed by atoms with Gasteiger partial charge in [-0.1, -0.05) is 12.8 Å². The van der Waals surface area contributed by atoms with E-state index >= 15 is 0 Å². The van der Waals surface area contributed by atoms with Crippen LogP contribution >= 0.6 is 0 Å². The van der Waals surface area contributed by atoms with Crippen LogP contribution < -0.4 is 0 Å². The van der Waals surface area contributed by atoms with Crippen molar-refractivity contribution in [1.29, 1.82) is 0 Å². The second-order valence-electron chi connectivity index (χ2n) is 4.23. The predicted molar refractivity (Wildman–Crippen MR) is 60.4 cm³/mol. The van der Waals surface area contributed by atoms with Gasteiger partial charge in [0, 0.05) is 24.4 Å². The van der Waals surface area contributed by atoms with Gasteiger partial charge in [0.1, 0.15) is 6.33 Å². The van der Waals surface area contributed by atoms with Gasteiger partial charge in [-0.25, -0.2) is 14.6 Å².